The molecule has 1 aromatic carbocycles. The van der Waals surface area contributed by atoms with Crippen LogP contribution in [0.15, 0.2) is 42.6 Å². The zero-order valence-electron chi connectivity index (χ0n) is 18.8. The van der Waals surface area contributed by atoms with E-state index >= 15 is 0 Å². The van der Waals surface area contributed by atoms with Gasteiger partial charge in [-0.05, 0) is 47.9 Å². The molecule has 170 valence electrons. The minimum atomic E-state index is -0.209. The third-order valence-corrected chi connectivity index (χ3v) is 6.36. The van der Waals surface area contributed by atoms with Crippen LogP contribution >= 0.6 is 0 Å². The number of carbonyl (C=O) groups excluding carboxylic acids is 2. The summed E-state index contributed by atoms with van der Waals surface area (Å²) in [5, 5.41) is 5.80. The highest BCUT2D eigenvalue weighted by Crippen LogP contribution is 2.21. The van der Waals surface area contributed by atoms with E-state index in [-0.39, 0.29) is 11.9 Å². The van der Waals surface area contributed by atoms with Gasteiger partial charge in [0.05, 0.1) is 0 Å². The monoisotopic (exact) mass is 435 g/mol. The summed E-state index contributed by atoms with van der Waals surface area (Å²) in [6.45, 7) is 6.77. The lowest BCUT2D eigenvalue weighted by molar-refractivity contribution is -0.128. The van der Waals surface area contributed by atoms with E-state index in [0.717, 1.165) is 54.5 Å². The molecule has 7 nitrogen and oxygen atoms in total. The largest absolute Gasteiger partial charge is 0.357 e. The molecule has 7 heteroatoms. The maximum absolute atomic E-state index is 12.2. The minimum Gasteiger partial charge on any atom is -0.357 e. The summed E-state index contributed by atoms with van der Waals surface area (Å²) in [6.07, 6.45) is 5.86. The molecule has 0 atom stereocenters. The molecule has 3 amide bonds. The van der Waals surface area contributed by atoms with E-state index in [2.05, 4.69) is 33.5 Å². The van der Waals surface area contributed by atoms with Crippen molar-refractivity contribution in [3.05, 3.63) is 59.3 Å². The van der Waals surface area contributed by atoms with E-state index in [1.165, 1.54) is 12.8 Å². The van der Waals surface area contributed by atoms with E-state index in [1.807, 2.05) is 41.4 Å². The molecule has 0 unspecified atom stereocenters. The van der Waals surface area contributed by atoms with Gasteiger partial charge in [0, 0.05) is 51.9 Å². The smallest absolute Gasteiger partial charge is 0.315 e. The van der Waals surface area contributed by atoms with Crippen LogP contribution in [-0.4, -0.2) is 41.5 Å². The molecule has 4 rings (SSSR count). The second kappa shape index (κ2) is 10.5. The maximum Gasteiger partial charge on any atom is 0.315 e. The van der Waals surface area contributed by atoms with E-state index < -0.39 is 0 Å². The Kier molecular flexibility index (Phi) is 7.24. The summed E-state index contributed by atoms with van der Waals surface area (Å²) in [4.78, 5) is 32.9. The number of benzene rings is 1. The molecule has 3 heterocycles. The van der Waals surface area contributed by atoms with Crippen molar-refractivity contribution in [3.63, 3.8) is 0 Å². The quantitative estimate of drug-likeness (QED) is 0.698. The van der Waals surface area contributed by atoms with Crippen LogP contribution in [0.4, 0.5) is 10.6 Å². The molecule has 2 saturated heterocycles. The zero-order valence-corrected chi connectivity index (χ0v) is 18.8. The average Bonchev–Trinajstić information content (AvgIpc) is 3.21. The van der Waals surface area contributed by atoms with Crippen molar-refractivity contribution in [2.45, 2.75) is 52.2 Å². The summed E-state index contributed by atoms with van der Waals surface area (Å²) < 4.78 is 0. The third kappa shape index (κ3) is 5.99. The molecule has 2 fully saturated rings. The highest BCUT2D eigenvalue weighted by molar-refractivity contribution is 5.78. The fourth-order valence-electron chi connectivity index (χ4n) is 4.30. The molecular weight excluding hydrogens is 402 g/mol. The number of amides is 3. The van der Waals surface area contributed by atoms with Crippen LogP contribution in [0.3, 0.4) is 0 Å². The Labute approximate surface area is 190 Å². The Balaban J connectivity index is 1.21. The van der Waals surface area contributed by atoms with Gasteiger partial charge in [0.15, 0.2) is 0 Å². The molecule has 1 aromatic heterocycles. The first-order valence-electron chi connectivity index (χ1n) is 11.6. The molecule has 2 N–H and O–H groups in total. The third-order valence-electron chi connectivity index (χ3n) is 6.36. The van der Waals surface area contributed by atoms with Gasteiger partial charge in [-0.1, -0.05) is 37.3 Å². The van der Waals surface area contributed by atoms with Crippen molar-refractivity contribution in [2.24, 2.45) is 5.92 Å². The number of hydrogen-bond acceptors (Lipinski definition) is 4. The summed E-state index contributed by atoms with van der Waals surface area (Å²) in [5.74, 6) is 2.03. The fourth-order valence-corrected chi connectivity index (χ4v) is 4.30. The molecule has 2 aliphatic rings. The Morgan fingerprint density at radius 3 is 2.47 bits per heavy atom. The zero-order chi connectivity index (χ0) is 22.3. The number of pyridine rings is 1. The van der Waals surface area contributed by atoms with E-state index in [0.29, 0.717) is 26.1 Å². The minimum absolute atomic E-state index is 0.209. The summed E-state index contributed by atoms with van der Waals surface area (Å²) in [7, 11) is 0. The molecule has 0 saturated carbocycles. The van der Waals surface area contributed by atoms with Crippen molar-refractivity contribution in [3.8, 4) is 0 Å². The average molecular weight is 436 g/mol. The predicted octanol–water partition coefficient (Wildman–Crippen LogP) is 3.44. The number of nitrogens with zero attached hydrogens (tertiary/aromatic N) is 3. The number of aromatic nitrogens is 1. The number of nitrogens with one attached hydrogen (secondary N) is 2. The van der Waals surface area contributed by atoms with Gasteiger partial charge >= 0.3 is 6.03 Å². The van der Waals surface area contributed by atoms with Crippen LogP contribution in [0, 0.1) is 5.92 Å². The first-order chi connectivity index (χ1) is 15.6. The second-order valence-electron chi connectivity index (χ2n) is 8.97. The molecule has 2 aliphatic heterocycles. The first-order valence-corrected chi connectivity index (χ1v) is 11.6. The lowest BCUT2D eigenvalue weighted by atomic mass is 9.99. The van der Waals surface area contributed by atoms with E-state index in [9.17, 15) is 9.59 Å². The summed E-state index contributed by atoms with van der Waals surface area (Å²) >= 11 is 0. The normalized spacial score (nSPS) is 17.0. The molecule has 32 heavy (non-hydrogen) atoms. The molecule has 2 aromatic rings. The highest BCUT2D eigenvalue weighted by atomic mass is 16.2. The SMILES string of the molecule is CC1CCN(c2ccc(CNC(=O)NCc3cccc(CN4CCCC4=O)c3)cn2)CC1. The standard InChI is InChI=1S/C25H33N5O2/c1-19-9-12-29(13-10-19)23-8-7-22(16-26-23)17-28-25(32)27-15-20-4-2-5-21(14-20)18-30-11-3-6-24(30)31/h2,4-5,7-8,14,16,19H,3,6,9-13,15,17-18H2,1H3,(H2,27,28,32). The topological polar surface area (TPSA) is 77.6 Å². The van der Waals surface area contributed by atoms with Crippen molar-refractivity contribution in [2.75, 3.05) is 24.5 Å². The van der Waals surface area contributed by atoms with E-state index in [4.69, 9.17) is 0 Å². The Hall–Kier alpha value is -3.09. The fraction of sp³-hybridized carbons (Fsp3) is 0.480. The van der Waals surface area contributed by atoms with Crippen molar-refractivity contribution in [1.82, 2.24) is 20.5 Å². The lowest BCUT2D eigenvalue weighted by Crippen LogP contribution is -2.35. The van der Waals surface area contributed by atoms with Crippen molar-refractivity contribution in [1.29, 1.82) is 0 Å². The lowest BCUT2D eigenvalue weighted by Gasteiger charge is -2.31. The molecule has 0 radical (unpaired) electrons. The number of carbonyl (C=O) groups is 2. The maximum atomic E-state index is 12.2. The number of rotatable bonds is 7. The van der Waals surface area contributed by atoms with Gasteiger partial charge < -0.3 is 20.4 Å². The van der Waals surface area contributed by atoms with E-state index in [1.54, 1.807) is 0 Å². The van der Waals surface area contributed by atoms with Gasteiger partial charge in [0.1, 0.15) is 5.82 Å². The number of likely N-dealkylation sites (tertiary alicyclic amines) is 1. The van der Waals surface area contributed by atoms with Crippen LogP contribution < -0.4 is 15.5 Å². The number of hydrogen-bond donors (Lipinski definition) is 2. The molecule has 0 aliphatic carbocycles. The van der Waals surface area contributed by atoms with Gasteiger partial charge in [0.2, 0.25) is 5.91 Å². The Morgan fingerprint density at radius 1 is 1.03 bits per heavy atom. The Morgan fingerprint density at radius 2 is 1.78 bits per heavy atom. The number of anilines is 1. The van der Waals surface area contributed by atoms with Crippen molar-refractivity contribution >= 4 is 17.8 Å². The van der Waals surface area contributed by atoms with Crippen LogP contribution in [0.2, 0.25) is 0 Å². The summed E-state index contributed by atoms with van der Waals surface area (Å²) in [6, 6.07) is 11.9. The van der Waals surface area contributed by atoms with Gasteiger partial charge in [-0.3, -0.25) is 4.79 Å². The molecular formula is C25H33N5O2. The number of piperidine rings is 1. The van der Waals surface area contributed by atoms with Gasteiger partial charge in [-0.15, -0.1) is 0 Å². The summed E-state index contributed by atoms with van der Waals surface area (Å²) in [5.41, 5.74) is 3.09. The van der Waals surface area contributed by atoms with Gasteiger partial charge in [-0.25, -0.2) is 9.78 Å². The highest BCUT2D eigenvalue weighted by Gasteiger charge is 2.20. The van der Waals surface area contributed by atoms with Crippen LogP contribution in [0.1, 0.15) is 49.3 Å². The second-order valence-corrected chi connectivity index (χ2v) is 8.97. The van der Waals surface area contributed by atoms with Gasteiger partial charge in [-0.2, -0.15) is 0 Å². The van der Waals surface area contributed by atoms with Crippen LogP contribution in [0.5, 0.6) is 0 Å². The Bertz CT molecular complexity index is 922. The van der Waals surface area contributed by atoms with Crippen molar-refractivity contribution < 1.29 is 9.59 Å². The predicted molar refractivity (Wildman–Crippen MR) is 125 cm³/mol. The molecule has 0 spiro atoms. The first kappa shape index (κ1) is 22.1. The van der Waals surface area contributed by atoms with Crippen LogP contribution in [-0.2, 0) is 24.4 Å². The molecule has 0 bridgehead atoms. The number of urea groups is 1. The van der Waals surface area contributed by atoms with Crippen LogP contribution in [0.25, 0.3) is 0 Å². The van der Waals surface area contributed by atoms with Gasteiger partial charge in [0.25, 0.3) is 0 Å².